The van der Waals surface area contributed by atoms with Gasteiger partial charge >= 0.3 is 6.36 Å². The van der Waals surface area contributed by atoms with E-state index in [0.29, 0.717) is 21.5 Å². The van der Waals surface area contributed by atoms with Crippen LogP contribution in [0.2, 0.25) is 0 Å². The van der Waals surface area contributed by atoms with E-state index in [2.05, 4.69) is 19.9 Å². The van der Waals surface area contributed by atoms with Gasteiger partial charge in [0.05, 0.1) is 17.2 Å². The van der Waals surface area contributed by atoms with Gasteiger partial charge in [-0.1, -0.05) is 0 Å². The number of aromatic amines is 1. The van der Waals surface area contributed by atoms with Crippen molar-refractivity contribution in [1.82, 2.24) is 19.7 Å². The van der Waals surface area contributed by atoms with Crippen LogP contribution in [0.5, 0.6) is 5.75 Å². The minimum Gasteiger partial charge on any atom is -0.406 e. The zero-order chi connectivity index (χ0) is 18.3. The number of benzene rings is 1. The molecule has 6 nitrogen and oxygen atoms in total. The molecule has 0 saturated heterocycles. The number of halogens is 3. The summed E-state index contributed by atoms with van der Waals surface area (Å²) in [6.07, 6.45) is 0.0929. The van der Waals surface area contributed by atoms with Crippen LogP contribution in [-0.4, -0.2) is 26.1 Å². The minimum absolute atomic E-state index is 0.306. The molecule has 0 unspecified atom stereocenters. The Bertz CT molecular complexity index is 1120. The first-order valence-electron chi connectivity index (χ1n) is 7.26. The number of hydrogen-bond donors (Lipinski definition) is 1. The second-order valence-electron chi connectivity index (χ2n) is 5.28. The van der Waals surface area contributed by atoms with Crippen molar-refractivity contribution in [2.75, 3.05) is 0 Å². The summed E-state index contributed by atoms with van der Waals surface area (Å²) in [5.41, 5.74) is 3.65. The number of alkyl halides is 3. The lowest BCUT2D eigenvalue weighted by molar-refractivity contribution is -0.274. The molecule has 0 aliphatic rings. The fraction of sp³-hybridized carbons (Fsp3) is 0.0625. The van der Waals surface area contributed by atoms with Crippen LogP contribution in [0.4, 0.5) is 13.2 Å². The van der Waals surface area contributed by atoms with Crippen LogP contribution in [0.1, 0.15) is 0 Å². The number of H-pyrrole nitrogens is 1. The molecule has 3 aromatic heterocycles. The van der Waals surface area contributed by atoms with E-state index in [1.807, 2.05) is 0 Å². The Hall–Kier alpha value is -3.14. The zero-order valence-corrected chi connectivity index (χ0v) is 13.6. The van der Waals surface area contributed by atoms with E-state index in [1.54, 1.807) is 24.1 Å². The Morgan fingerprint density at radius 3 is 2.62 bits per heavy atom. The fourth-order valence-corrected chi connectivity index (χ4v) is 3.29. The molecule has 0 amide bonds. The summed E-state index contributed by atoms with van der Waals surface area (Å²) < 4.78 is 42.5. The van der Waals surface area contributed by atoms with E-state index in [0.717, 1.165) is 17.7 Å². The Kier molecular flexibility index (Phi) is 3.76. The van der Waals surface area contributed by atoms with Gasteiger partial charge in [0, 0.05) is 29.2 Å². The molecule has 0 bridgehead atoms. The van der Waals surface area contributed by atoms with Gasteiger partial charge in [-0.3, -0.25) is 14.5 Å². The first-order chi connectivity index (χ1) is 12.4. The molecular formula is C16H9F3N4O2S. The van der Waals surface area contributed by atoms with E-state index >= 15 is 0 Å². The smallest absolute Gasteiger partial charge is 0.406 e. The van der Waals surface area contributed by atoms with Crippen LogP contribution in [-0.2, 0) is 0 Å². The zero-order valence-electron chi connectivity index (χ0n) is 12.8. The molecule has 0 aliphatic carbocycles. The van der Waals surface area contributed by atoms with E-state index < -0.39 is 6.36 Å². The van der Waals surface area contributed by atoms with Gasteiger partial charge < -0.3 is 4.74 Å². The van der Waals surface area contributed by atoms with Crippen molar-refractivity contribution in [3.05, 3.63) is 58.7 Å². The van der Waals surface area contributed by atoms with E-state index in [-0.39, 0.29) is 11.3 Å². The molecule has 4 aromatic rings. The maximum atomic E-state index is 12.7. The number of nitrogens with one attached hydrogen (secondary N) is 1. The predicted octanol–water partition coefficient (Wildman–Crippen LogP) is 3.74. The highest BCUT2D eigenvalue weighted by Crippen LogP contribution is 2.28. The first-order valence-corrected chi connectivity index (χ1v) is 8.14. The van der Waals surface area contributed by atoms with Gasteiger partial charge in [-0.05, 0) is 24.3 Å². The van der Waals surface area contributed by atoms with Crippen LogP contribution in [0.3, 0.4) is 0 Å². The molecule has 26 heavy (non-hydrogen) atoms. The topological polar surface area (TPSA) is 72.8 Å². The predicted molar refractivity (Wildman–Crippen MR) is 89.5 cm³/mol. The molecule has 132 valence electrons. The summed E-state index contributed by atoms with van der Waals surface area (Å²) >= 11 is 1.20. The highest BCUT2D eigenvalue weighted by molar-refractivity contribution is 7.16. The third-order valence-electron chi connectivity index (χ3n) is 3.65. The summed E-state index contributed by atoms with van der Waals surface area (Å²) in [5.74, 6) is -0.358. The van der Waals surface area contributed by atoms with Gasteiger partial charge in [0.1, 0.15) is 10.4 Å². The molecule has 0 aliphatic heterocycles. The SMILES string of the molecule is O=c1c2scnc2c(-c2cn[nH]c2)cn1-c1ccc(OC(F)(F)F)cc1. The lowest BCUT2D eigenvalue weighted by Crippen LogP contribution is -2.18. The number of ether oxygens (including phenoxy) is 1. The molecular weight excluding hydrogens is 369 g/mol. The van der Waals surface area contributed by atoms with Crippen molar-refractivity contribution >= 4 is 21.6 Å². The summed E-state index contributed by atoms with van der Waals surface area (Å²) in [7, 11) is 0. The summed E-state index contributed by atoms with van der Waals surface area (Å²) in [4.78, 5) is 17.0. The monoisotopic (exact) mass is 378 g/mol. The quantitative estimate of drug-likeness (QED) is 0.590. The van der Waals surface area contributed by atoms with Crippen molar-refractivity contribution in [2.24, 2.45) is 0 Å². The maximum absolute atomic E-state index is 12.7. The van der Waals surface area contributed by atoms with Crippen molar-refractivity contribution in [3.63, 3.8) is 0 Å². The van der Waals surface area contributed by atoms with Crippen LogP contribution in [0.15, 0.2) is 53.2 Å². The molecule has 3 heterocycles. The Morgan fingerprint density at radius 2 is 1.96 bits per heavy atom. The van der Waals surface area contributed by atoms with Gasteiger partial charge in [0.25, 0.3) is 5.56 Å². The van der Waals surface area contributed by atoms with Crippen LogP contribution in [0.25, 0.3) is 27.0 Å². The van der Waals surface area contributed by atoms with Crippen LogP contribution >= 0.6 is 11.3 Å². The van der Waals surface area contributed by atoms with Gasteiger partial charge in [-0.2, -0.15) is 5.10 Å². The van der Waals surface area contributed by atoms with Crippen molar-refractivity contribution in [1.29, 1.82) is 0 Å². The fourth-order valence-electron chi connectivity index (χ4n) is 2.56. The van der Waals surface area contributed by atoms with E-state index in [4.69, 9.17) is 0 Å². The molecule has 0 atom stereocenters. The first kappa shape index (κ1) is 16.3. The normalized spacial score (nSPS) is 11.8. The second kappa shape index (κ2) is 5.99. The number of thiazole rings is 1. The van der Waals surface area contributed by atoms with Crippen molar-refractivity contribution in [3.8, 4) is 22.6 Å². The average molecular weight is 378 g/mol. The Labute approximate surface area is 147 Å². The third-order valence-corrected chi connectivity index (χ3v) is 4.47. The number of pyridine rings is 1. The molecule has 0 spiro atoms. The summed E-state index contributed by atoms with van der Waals surface area (Å²) in [6.45, 7) is 0. The van der Waals surface area contributed by atoms with Gasteiger partial charge in [-0.25, -0.2) is 4.98 Å². The molecule has 10 heteroatoms. The molecule has 0 radical (unpaired) electrons. The number of hydrogen-bond acceptors (Lipinski definition) is 5. The molecule has 1 N–H and O–H groups in total. The number of rotatable bonds is 3. The molecule has 0 fully saturated rings. The van der Waals surface area contributed by atoms with Gasteiger partial charge in [0.2, 0.25) is 0 Å². The number of nitrogens with zero attached hydrogens (tertiary/aromatic N) is 3. The number of aromatic nitrogens is 4. The standard InChI is InChI=1S/C16H9F3N4O2S/c17-16(18,19)25-11-3-1-10(2-4-11)23-7-12(9-5-21-22-6-9)13-14(15(23)24)26-8-20-13/h1-8H,(H,21,22). The molecule has 4 rings (SSSR count). The Morgan fingerprint density at radius 1 is 1.19 bits per heavy atom. The summed E-state index contributed by atoms with van der Waals surface area (Å²) in [6, 6.07) is 5.08. The number of fused-ring (bicyclic) bond motifs is 1. The van der Waals surface area contributed by atoms with E-state index in [9.17, 15) is 18.0 Å². The second-order valence-corrected chi connectivity index (χ2v) is 6.13. The largest absolute Gasteiger partial charge is 0.573 e. The average Bonchev–Trinajstić information content (AvgIpc) is 3.27. The van der Waals surface area contributed by atoms with Crippen LogP contribution < -0.4 is 10.3 Å². The van der Waals surface area contributed by atoms with Crippen molar-refractivity contribution < 1.29 is 17.9 Å². The van der Waals surface area contributed by atoms with Gasteiger partial charge in [-0.15, -0.1) is 24.5 Å². The highest BCUT2D eigenvalue weighted by atomic mass is 32.1. The Balaban J connectivity index is 1.84. The molecule has 0 saturated carbocycles. The minimum atomic E-state index is -4.77. The lowest BCUT2D eigenvalue weighted by atomic mass is 10.1. The van der Waals surface area contributed by atoms with Crippen LogP contribution in [0, 0.1) is 0 Å². The maximum Gasteiger partial charge on any atom is 0.573 e. The van der Waals surface area contributed by atoms with Gasteiger partial charge in [0.15, 0.2) is 0 Å². The van der Waals surface area contributed by atoms with Crippen molar-refractivity contribution in [2.45, 2.75) is 6.36 Å². The summed E-state index contributed by atoms with van der Waals surface area (Å²) in [5, 5.41) is 6.60. The third kappa shape index (κ3) is 2.94. The molecule has 1 aromatic carbocycles. The lowest BCUT2D eigenvalue weighted by Gasteiger charge is -2.11. The highest BCUT2D eigenvalue weighted by Gasteiger charge is 2.31. The van der Waals surface area contributed by atoms with E-state index in [1.165, 1.54) is 28.0 Å².